The predicted molar refractivity (Wildman–Crippen MR) is 83.7 cm³/mol. The van der Waals surface area contributed by atoms with Gasteiger partial charge in [-0.25, -0.2) is 4.39 Å². The van der Waals surface area contributed by atoms with Crippen LogP contribution in [0.4, 0.5) is 21.6 Å². The first-order valence-electron chi connectivity index (χ1n) is 6.43. The van der Waals surface area contributed by atoms with Crippen LogP contribution in [0.15, 0.2) is 30.3 Å². The van der Waals surface area contributed by atoms with Gasteiger partial charge in [0.05, 0.1) is 16.4 Å². The molecule has 0 fully saturated rings. The molecule has 1 aromatic heterocycles. The number of halogens is 2. The number of hydrogen-bond acceptors (Lipinski definition) is 4. The number of nitrogens with zero attached hydrogens (tertiary/aromatic N) is 1. The third-order valence-electron chi connectivity index (χ3n) is 2.51. The van der Waals surface area contributed by atoms with Gasteiger partial charge in [0.1, 0.15) is 17.2 Å². The first-order chi connectivity index (χ1) is 9.76. The lowest BCUT2D eigenvalue weighted by Crippen LogP contribution is -2.24. The summed E-state index contributed by atoms with van der Waals surface area (Å²) in [5, 5.41) is 3.11. The van der Waals surface area contributed by atoms with Gasteiger partial charge in [-0.05, 0) is 45.0 Å². The first-order valence-corrected chi connectivity index (χ1v) is 6.80. The predicted octanol–water partition coefficient (Wildman–Crippen LogP) is 4.38. The van der Waals surface area contributed by atoms with Crippen molar-refractivity contribution >= 4 is 28.8 Å². The van der Waals surface area contributed by atoms with E-state index in [-0.39, 0.29) is 10.7 Å². The van der Waals surface area contributed by atoms with Crippen molar-refractivity contribution in [3.05, 3.63) is 41.2 Å². The van der Waals surface area contributed by atoms with E-state index in [0.29, 0.717) is 17.4 Å². The van der Waals surface area contributed by atoms with Gasteiger partial charge in [0.15, 0.2) is 0 Å². The molecule has 21 heavy (non-hydrogen) atoms. The van der Waals surface area contributed by atoms with Crippen molar-refractivity contribution in [1.82, 2.24) is 4.98 Å². The second-order valence-corrected chi connectivity index (χ2v) is 5.93. The molecule has 0 radical (unpaired) electrons. The summed E-state index contributed by atoms with van der Waals surface area (Å²) in [5.41, 5.74) is 5.98. The number of nitrogens with two attached hydrogens (primary N) is 1. The fourth-order valence-corrected chi connectivity index (χ4v) is 1.85. The minimum atomic E-state index is -0.459. The molecule has 0 bridgehead atoms. The molecule has 0 aliphatic rings. The van der Waals surface area contributed by atoms with E-state index in [1.165, 1.54) is 12.1 Å². The van der Waals surface area contributed by atoms with E-state index < -0.39 is 11.4 Å². The van der Waals surface area contributed by atoms with Crippen LogP contribution >= 0.6 is 11.6 Å². The van der Waals surface area contributed by atoms with Crippen molar-refractivity contribution in [2.24, 2.45) is 0 Å². The van der Waals surface area contributed by atoms with Crippen LogP contribution in [0.5, 0.6) is 5.88 Å². The maximum atomic E-state index is 13.8. The maximum absolute atomic E-state index is 13.8. The zero-order chi connectivity index (χ0) is 15.6. The molecule has 0 aliphatic heterocycles. The molecule has 0 atom stereocenters. The monoisotopic (exact) mass is 309 g/mol. The number of ether oxygens (including phenoxy) is 1. The fraction of sp³-hybridized carbons (Fsp3) is 0.267. The van der Waals surface area contributed by atoms with E-state index in [4.69, 9.17) is 22.1 Å². The molecule has 2 aromatic rings. The Bertz CT molecular complexity index is 636. The Morgan fingerprint density at radius 3 is 2.57 bits per heavy atom. The van der Waals surface area contributed by atoms with Crippen LogP contribution < -0.4 is 15.8 Å². The zero-order valence-corrected chi connectivity index (χ0v) is 12.8. The highest BCUT2D eigenvalue weighted by atomic mass is 35.5. The Hall–Kier alpha value is -2.01. The maximum Gasteiger partial charge on any atom is 0.239 e. The van der Waals surface area contributed by atoms with Crippen LogP contribution in [-0.2, 0) is 0 Å². The van der Waals surface area contributed by atoms with Gasteiger partial charge in [-0.3, -0.25) is 0 Å². The molecular weight excluding hydrogens is 293 g/mol. The van der Waals surface area contributed by atoms with Gasteiger partial charge in [-0.2, -0.15) is 4.98 Å². The van der Waals surface area contributed by atoms with E-state index in [1.54, 1.807) is 18.2 Å². The lowest BCUT2D eigenvalue weighted by Gasteiger charge is -2.21. The average Bonchev–Trinajstić information content (AvgIpc) is 2.36. The molecule has 1 aromatic carbocycles. The van der Waals surface area contributed by atoms with E-state index in [9.17, 15) is 4.39 Å². The smallest absolute Gasteiger partial charge is 0.239 e. The molecule has 112 valence electrons. The number of benzene rings is 1. The number of hydrogen-bond donors (Lipinski definition) is 2. The van der Waals surface area contributed by atoms with Crippen LogP contribution in [0.2, 0.25) is 5.02 Å². The highest BCUT2D eigenvalue weighted by Gasteiger charge is 2.16. The Balaban J connectivity index is 2.31. The molecule has 0 saturated heterocycles. The van der Waals surface area contributed by atoms with Crippen LogP contribution in [0, 0.1) is 5.82 Å². The second kappa shape index (κ2) is 5.77. The summed E-state index contributed by atoms with van der Waals surface area (Å²) in [6.45, 7) is 5.67. The molecule has 0 aliphatic carbocycles. The first kappa shape index (κ1) is 15.4. The van der Waals surface area contributed by atoms with E-state index in [1.807, 2.05) is 20.8 Å². The summed E-state index contributed by atoms with van der Waals surface area (Å²) in [6.07, 6.45) is 0. The molecule has 4 nitrogen and oxygen atoms in total. The van der Waals surface area contributed by atoms with Crippen molar-refractivity contribution in [2.75, 3.05) is 11.1 Å². The largest absolute Gasteiger partial charge is 0.470 e. The van der Waals surface area contributed by atoms with Crippen LogP contribution in [0.25, 0.3) is 0 Å². The summed E-state index contributed by atoms with van der Waals surface area (Å²) >= 11 is 5.97. The van der Waals surface area contributed by atoms with Gasteiger partial charge < -0.3 is 15.8 Å². The summed E-state index contributed by atoms with van der Waals surface area (Å²) in [5.74, 6) is 0.231. The summed E-state index contributed by atoms with van der Waals surface area (Å²) < 4.78 is 19.4. The van der Waals surface area contributed by atoms with E-state index in [2.05, 4.69) is 10.3 Å². The Morgan fingerprint density at radius 1 is 1.24 bits per heavy atom. The number of rotatable bonds is 3. The molecule has 0 saturated carbocycles. The summed E-state index contributed by atoms with van der Waals surface area (Å²) in [7, 11) is 0. The van der Waals surface area contributed by atoms with Gasteiger partial charge >= 0.3 is 0 Å². The molecular formula is C15H17ClFN3O. The molecule has 6 heteroatoms. The van der Waals surface area contributed by atoms with Gasteiger partial charge in [-0.15, -0.1) is 0 Å². The molecule has 1 heterocycles. The minimum Gasteiger partial charge on any atom is -0.470 e. The van der Waals surface area contributed by atoms with Crippen LogP contribution in [-0.4, -0.2) is 10.6 Å². The lowest BCUT2D eigenvalue weighted by molar-refractivity contribution is 0.125. The second-order valence-electron chi connectivity index (χ2n) is 5.53. The summed E-state index contributed by atoms with van der Waals surface area (Å²) in [6, 6.07) is 7.72. The molecule has 0 amide bonds. The molecule has 0 unspecified atom stereocenters. The Morgan fingerprint density at radius 2 is 1.95 bits per heavy atom. The number of anilines is 3. The van der Waals surface area contributed by atoms with Gasteiger partial charge in [-0.1, -0.05) is 17.7 Å². The normalized spacial score (nSPS) is 11.3. The third-order valence-corrected chi connectivity index (χ3v) is 2.82. The van der Waals surface area contributed by atoms with Crippen LogP contribution in [0.3, 0.4) is 0 Å². The number of pyridine rings is 1. The van der Waals surface area contributed by atoms with Crippen molar-refractivity contribution in [3.8, 4) is 5.88 Å². The molecule has 3 N–H and O–H groups in total. The Labute approximate surface area is 128 Å². The molecule has 2 rings (SSSR count). The third kappa shape index (κ3) is 3.98. The van der Waals surface area contributed by atoms with Gasteiger partial charge in [0.25, 0.3) is 0 Å². The van der Waals surface area contributed by atoms with Crippen molar-refractivity contribution in [2.45, 2.75) is 26.4 Å². The highest BCUT2D eigenvalue weighted by Crippen LogP contribution is 2.30. The van der Waals surface area contributed by atoms with E-state index in [0.717, 1.165) is 0 Å². The van der Waals surface area contributed by atoms with Crippen molar-refractivity contribution < 1.29 is 9.13 Å². The zero-order valence-electron chi connectivity index (χ0n) is 12.1. The fourth-order valence-electron chi connectivity index (χ4n) is 1.64. The quantitative estimate of drug-likeness (QED) is 0.883. The van der Waals surface area contributed by atoms with Gasteiger partial charge in [0, 0.05) is 0 Å². The van der Waals surface area contributed by atoms with Crippen molar-refractivity contribution in [1.29, 1.82) is 0 Å². The number of nitrogen functional groups attached to an aromatic ring is 1. The summed E-state index contributed by atoms with van der Waals surface area (Å²) in [4.78, 5) is 4.25. The minimum absolute atomic E-state index is 0.165. The van der Waals surface area contributed by atoms with Gasteiger partial charge in [0.2, 0.25) is 5.88 Å². The standard InChI is InChI=1S/C15H17ClFN3O/c1-15(2,3)21-14-11(18)7-8-12(20-14)19-13-9(16)5-4-6-10(13)17/h4-8H,18H2,1-3H3,(H,19,20). The lowest BCUT2D eigenvalue weighted by atomic mass is 10.2. The Kier molecular flexibility index (Phi) is 4.23. The average molecular weight is 310 g/mol. The number of nitrogens with one attached hydrogen (secondary N) is 1. The van der Waals surface area contributed by atoms with Crippen molar-refractivity contribution in [3.63, 3.8) is 0 Å². The number of para-hydroxylation sites is 1. The molecule has 0 spiro atoms. The highest BCUT2D eigenvalue weighted by molar-refractivity contribution is 6.33. The number of aromatic nitrogens is 1. The van der Waals surface area contributed by atoms with E-state index >= 15 is 0 Å². The van der Waals surface area contributed by atoms with Crippen LogP contribution in [0.1, 0.15) is 20.8 Å². The topological polar surface area (TPSA) is 60.2 Å². The SMILES string of the molecule is CC(C)(C)Oc1nc(Nc2c(F)cccc2Cl)ccc1N.